The third kappa shape index (κ3) is 4.96. The molecule has 0 aromatic heterocycles. The molecule has 5 nitrogen and oxygen atoms in total. The minimum Gasteiger partial charge on any atom is -0.378 e. The molecule has 0 saturated carbocycles. The molecule has 0 atom stereocenters. The highest BCUT2D eigenvalue weighted by Gasteiger charge is 2.25. The van der Waals surface area contributed by atoms with Gasteiger partial charge in [-0.05, 0) is 44.0 Å². The van der Waals surface area contributed by atoms with Crippen molar-refractivity contribution in [1.82, 2.24) is 4.31 Å². The number of Topliss-reactive ketones (excluding diaryl/α,β-unsaturated/α-hetero) is 1. The van der Waals surface area contributed by atoms with Gasteiger partial charge >= 0.3 is 0 Å². The maximum absolute atomic E-state index is 12.9. The van der Waals surface area contributed by atoms with Crippen LogP contribution in [0.3, 0.4) is 0 Å². The lowest BCUT2D eigenvalue weighted by Gasteiger charge is -2.20. The highest BCUT2D eigenvalue weighted by atomic mass is 32.2. The van der Waals surface area contributed by atoms with Gasteiger partial charge in [-0.1, -0.05) is 42.7 Å². The smallest absolute Gasteiger partial charge is 0.243 e. The standard InChI is InChI=1S/C21H26N2O3S/c1-17-9-11-19(12-10-17)22-16-21(24)18-7-6-8-20(15-18)27(25,26)23-13-4-2-3-5-14-23/h6-12,15,22H,2-5,13-14,16H2,1H3. The first kappa shape index (κ1) is 19.6. The number of sulfonamides is 1. The van der Waals surface area contributed by atoms with E-state index in [1.54, 1.807) is 22.5 Å². The van der Waals surface area contributed by atoms with Gasteiger partial charge in [-0.25, -0.2) is 8.42 Å². The van der Waals surface area contributed by atoms with Crippen molar-refractivity contribution in [2.45, 2.75) is 37.5 Å². The molecule has 1 heterocycles. The molecule has 1 fully saturated rings. The number of aryl methyl sites for hydroxylation is 1. The molecule has 2 aromatic rings. The van der Waals surface area contributed by atoms with E-state index in [1.807, 2.05) is 31.2 Å². The zero-order valence-corrected chi connectivity index (χ0v) is 16.5. The summed E-state index contributed by atoms with van der Waals surface area (Å²) in [4.78, 5) is 12.7. The number of ketones is 1. The fourth-order valence-corrected chi connectivity index (χ4v) is 4.78. The van der Waals surface area contributed by atoms with Crippen molar-refractivity contribution in [2.24, 2.45) is 0 Å². The number of rotatable bonds is 6. The summed E-state index contributed by atoms with van der Waals surface area (Å²) in [6.45, 7) is 3.23. The van der Waals surface area contributed by atoms with Crippen molar-refractivity contribution in [3.05, 3.63) is 59.7 Å². The Balaban J connectivity index is 1.72. The van der Waals surface area contributed by atoms with E-state index in [4.69, 9.17) is 0 Å². The number of benzene rings is 2. The molecule has 0 spiro atoms. The number of carbonyl (C=O) groups is 1. The van der Waals surface area contributed by atoms with Crippen LogP contribution in [0.25, 0.3) is 0 Å². The summed E-state index contributed by atoms with van der Waals surface area (Å²) in [7, 11) is -3.55. The van der Waals surface area contributed by atoms with E-state index in [9.17, 15) is 13.2 Å². The van der Waals surface area contributed by atoms with Crippen LogP contribution < -0.4 is 5.32 Å². The van der Waals surface area contributed by atoms with Gasteiger partial charge in [0.1, 0.15) is 0 Å². The molecule has 3 rings (SSSR count). The lowest BCUT2D eigenvalue weighted by molar-refractivity contribution is 0.101. The van der Waals surface area contributed by atoms with Crippen molar-refractivity contribution in [3.63, 3.8) is 0 Å². The molecule has 2 aromatic carbocycles. The van der Waals surface area contributed by atoms with Crippen molar-refractivity contribution in [2.75, 3.05) is 25.0 Å². The average Bonchev–Trinajstić information content (AvgIpc) is 2.97. The fraction of sp³-hybridized carbons (Fsp3) is 0.381. The lowest BCUT2D eigenvalue weighted by Crippen LogP contribution is -2.32. The van der Waals surface area contributed by atoms with Crippen LogP contribution >= 0.6 is 0 Å². The van der Waals surface area contributed by atoms with Gasteiger partial charge in [0.2, 0.25) is 10.0 Å². The van der Waals surface area contributed by atoms with E-state index >= 15 is 0 Å². The number of hydrogen-bond acceptors (Lipinski definition) is 4. The molecule has 0 bridgehead atoms. The molecule has 0 amide bonds. The Hall–Kier alpha value is -2.18. The third-order valence-electron chi connectivity index (χ3n) is 4.86. The van der Waals surface area contributed by atoms with Crippen LogP contribution in [0.4, 0.5) is 5.69 Å². The SMILES string of the molecule is Cc1ccc(NCC(=O)c2cccc(S(=O)(=O)N3CCCCCC3)c2)cc1. The van der Waals surface area contributed by atoms with Gasteiger partial charge in [0.25, 0.3) is 0 Å². The van der Waals surface area contributed by atoms with Crippen LogP contribution in [0.5, 0.6) is 0 Å². The van der Waals surface area contributed by atoms with Gasteiger partial charge in [-0.2, -0.15) is 4.31 Å². The van der Waals surface area contributed by atoms with E-state index in [-0.39, 0.29) is 17.2 Å². The Morgan fingerprint density at radius 2 is 1.67 bits per heavy atom. The number of hydrogen-bond donors (Lipinski definition) is 1. The highest BCUT2D eigenvalue weighted by molar-refractivity contribution is 7.89. The Morgan fingerprint density at radius 1 is 1.00 bits per heavy atom. The van der Waals surface area contributed by atoms with Crippen LogP contribution in [-0.2, 0) is 10.0 Å². The van der Waals surface area contributed by atoms with Crippen LogP contribution in [0, 0.1) is 6.92 Å². The first-order valence-corrected chi connectivity index (χ1v) is 10.8. The normalized spacial score (nSPS) is 15.9. The van der Waals surface area contributed by atoms with Gasteiger partial charge in [-0.3, -0.25) is 4.79 Å². The lowest BCUT2D eigenvalue weighted by atomic mass is 10.1. The summed E-state index contributed by atoms with van der Waals surface area (Å²) >= 11 is 0. The predicted octanol–water partition coefficient (Wildman–Crippen LogP) is 3.85. The Labute approximate surface area is 161 Å². The molecule has 144 valence electrons. The summed E-state index contributed by atoms with van der Waals surface area (Å²) in [5, 5.41) is 3.09. The molecule has 0 unspecified atom stereocenters. The topological polar surface area (TPSA) is 66.5 Å². The average molecular weight is 387 g/mol. The van der Waals surface area contributed by atoms with E-state index in [0.717, 1.165) is 36.9 Å². The molecule has 1 aliphatic heterocycles. The largest absolute Gasteiger partial charge is 0.378 e. The van der Waals surface area contributed by atoms with E-state index in [0.29, 0.717) is 18.7 Å². The van der Waals surface area contributed by atoms with Crippen molar-refractivity contribution < 1.29 is 13.2 Å². The first-order valence-electron chi connectivity index (χ1n) is 9.41. The second-order valence-electron chi connectivity index (χ2n) is 6.99. The van der Waals surface area contributed by atoms with Crippen molar-refractivity contribution in [3.8, 4) is 0 Å². The first-order chi connectivity index (χ1) is 13.0. The van der Waals surface area contributed by atoms with Gasteiger partial charge in [0.05, 0.1) is 11.4 Å². The molecular formula is C21H26N2O3S. The Morgan fingerprint density at radius 3 is 2.33 bits per heavy atom. The predicted molar refractivity (Wildman–Crippen MR) is 108 cm³/mol. The quantitative estimate of drug-likeness (QED) is 0.766. The number of nitrogens with zero attached hydrogens (tertiary/aromatic N) is 1. The van der Waals surface area contributed by atoms with E-state index in [1.165, 1.54) is 6.07 Å². The summed E-state index contributed by atoms with van der Waals surface area (Å²) in [5.41, 5.74) is 2.42. The zero-order chi connectivity index (χ0) is 19.3. The molecular weight excluding hydrogens is 360 g/mol. The summed E-state index contributed by atoms with van der Waals surface area (Å²) in [6, 6.07) is 14.2. The molecule has 0 aliphatic carbocycles. The monoisotopic (exact) mass is 386 g/mol. The van der Waals surface area contributed by atoms with Crippen LogP contribution in [-0.4, -0.2) is 38.1 Å². The third-order valence-corrected chi connectivity index (χ3v) is 6.76. The van der Waals surface area contributed by atoms with Crippen LogP contribution in [0.2, 0.25) is 0 Å². The van der Waals surface area contributed by atoms with Gasteiger partial charge in [0, 0.05) is 24.3 Å². The highest BCUT2D eigenvalue weighted by Crippen LogP contribution is 2.21. The number of nitrogens with one attached hydrogen (secondary N) is 1. The summed E-state index contributed by atoms with van der Waals surface area (Å²) < 4.78 is 27.4. The van der Waals surface area contributed by atoms with E-state index < -0.39 is 10.0 Å². The van der Waals surface area contributed by atoms with Crippen LogP contribution in [0.15, 0.2) is 53.4 Å². The second kappa shape index (κ2) is 8.67. The summed E-state index contributed by atoms with van der Waals surface area (Å²) in [5.74, 6) is -0.136. The molecule has 0 radical (unpaired) electrons. The second-order valence-corrected chi connectivity index (χ2v) is 8.93. The fourth-order valence-electron chi connectivity index (χ4n) is 3.22. The van der Waals surface area contributed by atoms with Gasteiger partial charge in [-0.15, -0.1) is 0 Å². The Kier molecular flexibility index (Phi) is 6.29. The molecule has 27 heavy (non-hydrogen) atoms. The van der Waals surface area contributed by atoms with E-state index in [2.05, 4.69) is 5.32 Å². The molecule has 1 aliphatic rings. The summed E-state index contributed by atoms with van der Waals surface area (Å²) in [6.07, 6.45) is 3.90. The maximum Gasteiger partial charge on any atom is 0.243 e. The van der Waals surface area contributed by atoms with Crippen LogP contribution in [0.1, 0.15) is 41.6 Å². The van der Waals surface area contributed by atoms with Crippen molar-refractivity contribution in [1.29, 1.82) is 0 Å². The van der Waals surface area contributed by atoms with Crippen molar-refractivity contribution >= 4 is 21.5 Å². The number of anilines is 1. The number of carbonyl (C=O) groups excluding carboxylic acids is 1. The Bertz CT molecular complexity index is 884. The minimum absolute atomic E-state index is 0.121. The molecule has 1 saturated heterocycles. The van der Waals surface area contributed by atoms with Gasteiger partial charge in [0.15, 0.2) is 5.78 Å². The van der Waals surface area contributed by atoms with Gasteiger partial charge < -0.3 is 5.32 Å². The molecule has 1 N–H and O–H groups in total. The molecule has 6 heteroatoms. The zero-order valence-electron chi connectivity index (χ0n) is 15.6. The minimum atomic E-state index is -3.55. The maximum atomic E-state index is 12.9.